The maximum Gasteiger partial charge on any atom is 0.303 e. The van der Waals surface area contributed by atoms with Crippen molar-refractivity contribution in [1.29, 1.82) is 0 Å². The molecule has 0 aromatic rings. The summed E-state index contributed by atoms with van der Waals surface area (Å²) in [6.07, 6.45) is 15.0. The van der Waals surface area contributed by atoms with Crippen molar-refractivity contribution < 1.29 is 29.0 Å². The molecule has 4 aliphatic carbocycles. The van der Waals surface area contributed by atoms with Crippen molar-refractivity contribution >= 4 is 17.9 Å². The molecule has 6 heteroatoms. The smallest absolute Gasteiger partial charge is 0.303 e. The summed E-state index contributed by atoms with van der Waals surface area (Å²) in [6, 6.07) is 0. The van der Waals surface area contributed by atoms with Gasteiger partial charge in [-0.3, -0.25) is 14.4 Å². The Balaban J connectivity index is 1.52. The molecule has 0 heterocycles. The number of hydrogen-bond acceptors (Lipinski definition) is 5. The van der Waals surface area contributed by atoms with Crippen LogP contribution in [0.3, 0.4) is 0 Å². The van der Waals surface area contributed by atoms with Crippen LogP contribution in [-0.2, 0) is 23.9 Å². The quantitative estimate of drug-likeness (QED) is 0.312. The molecule has 0 saturated heterocycles. The molecule has 2 saturated carbocycles. The van der Waals surface area contributed by atoms with E-state index < -0.39 is 11.6 Å². The van der Waals surface area contributed by atoms with Crippen LogP contribution in [0.25, 0.3) is 0 Å². The van der Waals surface area contributed by atoms with Crippen LogP contribution >= 0.6 is 0 Å². The first-order chi connectivity index (χ1) is 18.2. The molecule has 0 bridgehead atoms. The van der Waals surface area contributed by atoms with Crippen LogP contribution < -0.4 is 0 Å². The molecule has 6 nitrogen and oxygen atoms in total. The second-order valence-corrected chi connectivity index (χ2v) is 14.2. The lowest BCUT2D eigenvalue weighted by Gasteiger charge is -2.58. The van der Waals surface area contributed by atoms with Gasteiger partial charge in [0.25, 0.3) is 0 Å². The summed E-state index contributed by atoms with van der Waals surface area (Å²) >= 11 is 0. The minimum absolute atomic E-state index is 0.0671. The van der Waals surface area contributed by atoms with E-state index in [4.69, 9.17) is 9.47 Å². The Bertz CT molecular complexity index is 1030. The van der Waals surface area contributed by atoms with Crippen molar-refractivity contribution in [2.24, 2.45) is 46.3 Å². The number of ether oxygens (including phenoxy) is 2. The van der Waals surface area contributed by atoms with Crippen molar-refractivity contribution in [1.82, 2.24) is 0 Å². The summed E-state index contributed by atoms with van der Waals surface area (Å²) in [5, 5.41) is 9.44. The summed E-state index contributed by atoms with van der Waals surface area (Å²) in [7, 11) is 0. The van der Waals surface area contributed by atoms with Gasteiger partial charge < -0.3 is 14.6 Å². The topological polar surface area (TPSA) is 89.9 Å². The molecule has 39 heavy (non-hydrogen) atoms. The lowest BCUT2D eigenvalue weighted by Crippen LogP contribution is -2.54. The summed E-state index contributed by atoms with van der Waals surface area (Å²) in [4.78, 5) is 35.1. The summed E-state index contributed by atoms with van der Waals surface area (Å²) < 4.78 is 11.5. The van der Waals surface area contributed by atoms with Crippen LogP contribution in [0, 0.1) is 46.3 Å². The van der Waals surface area contributed by atoms with Gasteiger partial charge in [-0.2, -0.15) is 0 Å². The zero-order chi connectivity index (χ0) is 28.8. The van der Waals surface area contributed by atoms with Crippen LogP contribution in [0.5, 0.6) is 0 Å². The molecule has 0 aromatic carbocycles. The van der Waals surface area contributed by atoms with E-state index in [0.29, 0.717) is 36.0 Å². The molecule has 9 atom stereocenters. The largest absolute Gasteiger partial charge is 0.481 e. The molecule has 0 aromatic heterocycles. The number of esters is 2. The van der Waals surface area contributed by atoms with Crippen molar-refractivity contribution in [3.63, 3.8) is 0 Å². The molecule has 0 amide bonds. The Morgan fingerprint density at radius 1 is 1.10 bits per heavy atom. The number of carbonyl (C=O) groups is 3. The van der Waals surface area contributed by atoms with Crippen LogP contribution in [0.4, 0.5) is 0 Å². The average molecular weight is 543 g/mol. The molecular weight excluding hydrogens is 492 g/mol. The first-order valence-corrected chi connectivity index (χ1v) is 15.2. The minimum Gasteiger partial charge on any atom is -0.481 e. The van der Waals surface area contributed by atoms with Crippen molar-refractivity contribution in [3.8, 4) is 0 Å². The predicted octanol–water partition coefficient (Wildman–Crippen LogP) is 7.12. The van der Waals surface area contributed by atoms with E-state index in [1.807, 2.05) is 13.8 Å². The van der Waals surface area contributed by atoms with Gasteiger partial charge in [0.15, 0.2) is 0 Å². The second-order valence-electron chi connectivity index (χ2n) is 14.2. The number of carboxylic acids is 1. The number of hydrogen-bond donors (Lipinski definition) is 1. The molecule has 4 aliphatic rings. The normalized spacial score (nSPS) is 38.1. The second kappa shape index (κ2) is 11.0. The third-order valence-corrected chi connectivity index (χ3v) is 11.2. The van der Waals surface area contributed by atoms with Crippen molar-refractivity contribution in [2.45, 2.75) is 118 Å². The zero-order valence-corrected chi connectivity index (χ0v) is 25.1. The summed E-state index contributed by atoms with van der Waals surface area (Å²) in [6.45, 7) is 14.2. The highest BCUT2D eigenvalue weighted by Crippen LogP contribution is 2.67. The zero-order valence-electron chi connectivity index (χ0n) is 25.1. The molecule has 1 N–H and O–H groups in total. The Morgan fingerprint density at radius 2 is 1.82 bits per heavy atom. The Morgan fingerprint density at radius 3 is 2.46 bits per heavy atom. The molecule has 2 fully saturated rings. The van der Waals surface area contributed by atoms with Gasteiger partial charge in [-0.25, -0.2) is 0 Å². The van der Waals surface area contributed by atoms with Gasteiger partial charge in [0.05, 0.1) is 6.42 Å². The fourth-order valence-electron chi connectivity index (χ4n) is 9.48. The Hall–Kier alpha value is -2.11. The third-order valence-electron chi connectivity index (χ3n) is 11.2. The third kappa shape index (κ3) is 5.86. The molecule has 4 rings (SSSR count). The van der Waals surface area contributed by atoms with E-state index in [1.165, 1.54) is 33.1 Å². The number of fused-ring (bicyclic) bond motifs is 5. The first kappa shape index (κ1) is 29.9. The fourth-order valence-corrected chi connectivity index (χ4v) is 9.48. The highest BCUT2D eigenvalue weighted by molar-refractivity contribution is 5.68. The lowest BCUT2D eigenvalue weighted by molar-refractivity contribution is -0.160. The Labute approximate surface area is 235 Å². The molecule has 1 unspecified atom stereocenters. The van der Waals surface area contributed by atoms with Crippen LogP contribution in [-0.4, -0.2) is 34.7 Å². The maximum atomic E-state index is 12.2. The standard InChI is InChI=1S/C33H50O6/c1-20(9-8-15-31(4,5)39-22(3)35)26-12-13-27-25-11-10-24-17-23(19-30(36)37)18-29(38-21(2)34)33(24,7)28(25)14-16-32(26,27)6/h10-11,17,20,23,25-29H,8-9,12-16,18-19H2,1-7H3,(H,36,37)/t20-,23?,25+,26-,27+,28+,29+,32-,33+/m1/s1. The summed E-state index contributed by atoms with van der Waals surface area (Å²) in [5.74, 6) is 1.30. The van der Waals surface area contributed by atoms with Crippen LogP contribution in [0.1, 0.15) is 106 Å². The van der Waals surface area contributed by atoms with Crippen LogP contribution in [0.15, 0.2) is 23.8 Å². The van der Waals surface area contributed by atoms with Crippen LogP contribution in [0.2, 0.25) is 0 Å². The van der Waals surface area contributed by atoms with Crippen molar-refractivity contribution in [3.05, 3.63) is 23.8 Å². The number of carboxylic acid groups (broad SMARTS) is 1. The SMILES string of the molecule is CC(=O)O[C@H]1CC(CC(=O)O)C=C2C=C[C@H]3[C@@H]4CC[C@H]([C@H](C)CCCC(C)(C)OC(C)=O)[C@@]4(C)CC[C@@H]3[C@]21C. The van der Waals surface area contributed by atoms with E-state index in [-0.39, 0.29) is 41.2 Å². The van der Waals surface area contributed by atoms with E-state index in [0.717, 1.165) is 31.3 Å². The molecule has 0 spiro atoms. The Kier molecular flexibility index (Phi) is 8.46. The van der Waals surface area contributed by atoms with Gasteiger partial charge >= 0.3 is 17.9 Å². The first-order valence-electron chi connectivity index (χ1n) is 15.2. The van der Waals surface area contributed by atoms with Gasteiger partial charge in [-0.05, 0) is 105 Å². The van der Waals surface area contributed by atoms with E-state index >= 15 is 0 Å². The molecule has 218 valence electrons. The molecule has 0 aliphatic heterocycles. The van der Waals surface area contributed by atoms with Gasteiger partial charge in [-0.1, -0.05) is 45.4 Å². The van der Waals surface area contributed by atoms with Gasteiger partial charge in [0.2, 0.25) is 0 Å². The van der Waals surface area contributed by atoms with Crippen molar-refractivity contribution in [2.75, 3.05) is 0 Å². The maximum absolute atomic E-state index is 12.2. The van der Waals surface area contributed by atoms with E-state index in [2.05, 4.69) is 39.0 Å². The number of aliphatic carboxylic acids is 1. The van der Waals surface area contributed by atoms with Gasteiger partial charge in [0, 0.05) is 19.3 Å². The number of rotatable bonds is 9. The highest BCUT2D eigenvalue weighted by Gasteiger charge is 2.61. The van der Waals surface area contributed by atoms with Gasteiger partial charge in [0.1, 0.15) is 11.7 Å². The predicted molar refractivity (Wildman–Crippen MR) is 151 cm³/mol. The monoisotopic (exact) mass is 542 g/mol. The van der Waals surface area contributed by atoms with E-state index in [9.17, 15) is 19.5 Å². The lowest BCUT2D eigenvalue weighted by atomic mass is 9.47. The van der Waals surface area contributed by atoms with E-state index in [1.54, 1.807) is 0 Å². The minimum atomic E-state index is -0.811. The van der Waals surface area contributed by atoms with Gasteiger partial charge in [-0.15, -0.1) is 0 Å². The number of carbonyl (C=O) groups excluding carboxylic acids is 2. The fraction of sp³-hybridized carbons (Fsp3) is 0.788. The molecule has 0 radical (unpaired) electrons. The highest BCUT2D eigenvalue weighted by atomic mass is 16.6. The molecular formula is C33H50O6. The summed E-state index contributed by atoms with van der Waals surface area (Å²) in [5.41, 5.74) is 0.745. The number of allylic oxidation sites excluding steroid dienone is 3. The average Bonchev–Trinajstić information content (AvgIpc) is 3.15.